The van der Waals surface area contributed by atoms with Gasteiger partial charge in [0, 0.05) is 13.2 Å². The smallest absolute Gasteiger partial charge is 0.240 e. The van der Waals surface area contributed by atoms with Crippen LogP contribution < -0.4 is 4.72 Å². The zero-order valence-corrected chi connectivity index (χ0v) is 12.8. The SMILES string of the molecule is CCOC(CNS(=O)(=O)c1ccc(F)c(Cl)c1)OCC. The molecule has 1 aromatic carbocycles. The van der Waals surface area contributed by atoms with Gasteiger partial charge in [-0.15, -0.1) is 0 Å². The van der Waals surface area contributed by atoms with Crippen molar-refractivity contribution in [2.45, 2.75) is 25.0 Å². The first-order valence-corrected chi connectivity index (χ1v) is 7.94. The minimum Gasteiger partial charge on any atom is -0.352 e. The molecule has 0 bridgehead atoms. The summed E-state index contributed by atoms with van der Waals surface area (Å²) < 4.78 is 49.8. The number of hydrogen-bond acceptors (Lipinski definition) is 4. The average Bonchev–Trinajstić information content (AvgIpc) is 2.39. The third-order valence-corrected chi connectivity index (χ3v) is 4.06. The first kappa shape index (κ1) is 17.3. The van der Waals surface area contributed by atoms with Gasteiger partial charge in [-0.1, -0.05) is 11.6 Å². The number of benzene rings is 1. The second-order valence-electron chi connectivity index (χ2n) is 3.77. The van der Waals surface area contributed by atoms with Gasteiger partial charge < -0.3 is 9.47 Å². The highest BCUT2D eigenvalue weighted by Crippen LogP contribution is 2.19. The Balaban J connectivity index is 2.75. The molecule has 0 spiro atoms. The fourth-order valence-electron chi connectivity index (χ4n) is 1.44. The molecule has 0 saturated heterocycles. The Bertz CT molecular complexity index is 532. The summed E-state index contributed by atoms with van der Waals surface area (Å²) in [4.78, 5) is -0.115. The Labute approximate surface area is 123 Å². The van der Waals surface area contributed by atoms with Crippen molar-refractivity contribution in [3.05, 3.63) is 29.0 Å². The van der Waals surface area contributed by atoms with Crippen LogP contribution in [-0.2, 0) is 19.5 Å². The van der Waals surface area contributed by atoms with Crippen molar-refractivity contribution < 1.29 is 22.3 Å². The van der Waals surface area contributed by atoms with E-state index in [9.17, 15) is 12.8 Å². The molecule has 0 heterocycles. The standard InChI is InChI=1S/C12H17ClFNO4S/c1-3-18-12(19-4-2)8-15-20(16,17)9-5-6-11(14)10(13)7-9/h5-7,12,15H,3-4,8H2,1-2H3. The Hall–Kier alpha value is -0.730. The molecule has 1 N–H and O–H groups in total. The predicted molar refractivity (Wildman–Crippen MR) is 73.6 cm³/mol. The number of ether oxygens (including phenoxy) is 2. The highest BCUT2D eigenvalue weighted by atomic mass is 35.5. The van der Waals surface area contributed by atoms with E-state index in [1.165, 1.54) is 0 Å². The minimum absolute atomic E-state index is 0.0426. The van der Waals surface area contributed by atoms with Crippen LogP contribution >= 0.6 is 11.6 Å². The van der Waals surface area contributed by atoms with Crippen LogP contribution in [0.25, 0.3) is 0 Å². The van der Waals surface area contributed by atoms with Gasteiger partial charge in [0.05, 0.1) is 16.5 Å². The first-order valence-electron chi connectivity index (χ1n) is 6.08. The Morgan fingerprint density at radius 3 is 2.40 bits per heavy atom. The summed E-state index contributed by atoms with van der Waals surface area (Å²) in [5, 5.41) is -0.251. The summed E-state index contributed by atoms with van der Waals surface area (Å²) in [7, 11) is -3.79. The fourth-order valence-corrected chi connectivity index (χ4v) is 2.73. The van der Waals surface area contributed by atoms with Crippen molar-refractivity contribution in [1.29, 1.82) is 0 Å². The molecule has 0 radical (unpaired) electrons. The monoisotopic (exact) mass is 325 g/mol. The van der Waals surface area contributed by atoms with Gasteiger partial charge in [0.25, 0.3) is 0 Å². The Morgan fingerprint density at radius 2 is 1.90 bits per heavy atom. The molecule has 5 nitrogen and oxygen atoms in total. The summed E-state index contributed by atoms with van der Waals surface area (Å²) >= 11 is 5.57. The van der Waals surface area contributed by atoms with Gasteiger partial charge in [0.2, 0.25) is 10.0 Å². The number of sulfonamides is 1. The maximum atomic E-state index is 13.0. The largest absolute Gasteiger partial charge is 0.352 e. The summed E-state index contributed by atoms with van der Waals surface area (Å²) in [6.45, 7) is 4.31. The quantitative estimate of drug-likeness (QED) is 0.744. The van der Waals surface area contributed by atoms with E-state index in [0.29, 0.717) is 13.2 Å². The molecule has 20 heavy (non-hydrogen) atoms. The van der Waals surface area contributed by atoms with Crippen molar-refractivity contribution in [2.24, 2.45) is 0 Å². The van der Waals surface area contributed by atoms with Gasteiger partial charge in [-0.25, -0.2) is 17.5 Å². The summed E-state index contributed by atoms with van der Waals surface area (Å²) in [6, 6.07) is 3.19. The van der Waals surface area contributed by atoms with E-state index in [-0.39, 0.29) is 16.5 Å². The molecule has 0 unspecified atom stereocenters. The topological polar surface area (TPSA) is 64.6 Å². The van der Waals surface area contributed by atoms with Crippen LogP contribution in [0.3, 0.4) is 0 Å². The van der Waals surface area contributed by atoms with Gasteiger partial charge >= 0.3 is 0 Å². The zero-order chi connectivity index (χ0) is 15.2. The van der Waals surface area contributed by atoms with E-state index in [0.717, 1.165) is 18.2 Å². The third-order valence-electron chi connectivity index (χ3n) is 2.35. The lowest BCUT2D eigenvalue weighted by Crippen LogP contribution is -2.35. The highest BCUT2D eigenvalue weighted by Gasteiger charge is 2.18. The lowest BCUT2D eigenvalue weighted by molar-refractivity contribution is -0.130. The normalized spacial score (nSPS) is 12.1. The maximum absolute atomic E-state index is 13.0. The summed E-state index contributed by atoms with van der Waals surface area (Å²) in [5.74, 6) is -0.674. The molecule has 0 aliphatic rings. The molecule has 114 valence electrons. The fraction of sp³-hybridized carbons (Fsp3) is 0.500. The van der Waals surface area contributed by atoms with Crippen molar-refractivity contribution in [3.8, 4) is 0 Å². The number of hydrogen-bond donors (Lipinski definition) is 1. The Morgan fingerprint density at radius 1 is 1.30 bits per heavy atom. The van der Waals surface area contributed by atoms with Gasteiger partial charge in [0.1, 0.15) is 5.82 Å². The van der Waals surface area contributed by atoms with Crippen LogP contribution in [0, 0.1) is 5.82 Å². The lowest BCUT2D eigenvalue weighted by Gasteiger charge is -2.17. The number of nitrogens with one attached hydrogen (secondary N) is 1. The second-order valence-corrected chi connectivity index (χ2v) is 5.94. The maximum Gasteiger partial charge on any atom is 0.240 e. The van der Waals surface area contributed by atoms with Gasteiger partial charge in [-0.2, -0.15) is 0 Å². The van der Waals surface area contributed by atoms with E-state index in [1.807, 2.05) is 0 Å². The zero-order valence-electron chi connectivity index (χ0n) is 11.2. The van der Waals surface area contributed by atoms with Crippen molar-refractivity contribution in [1.82, 2.24) is 4.72 Å². The van der Waals surface area contributed by atoms with Crippen LogP contribution in [0.2, 0.25) is 5.02 Å². The Kier molecular flexibility index (Phi) is 6.84. The molecule has 1 rings (SSSR count). The molecule has 0 aromatic heterocycles. The molecule has 0 amide bonds. The van der Waals surface area contributed by atoms with Crippen LogP contribution in [0.4, 0.5) is 4.39 Å². The average molecular weight is 326 g/mol. The minimum atomic E-state index is -3.79. The van der Waals surface area contributed by atoms with Gasteiger partial charge in [-0.3, -0.25) is 0 Å². The number of halogens is 2. The van der Waals surface area contributed by atoms with Crippen LogP contribution in [0.1, 0.15) is 13.8 Å². The van der Waals surface area contributed by atoms with Crippen LogP contribution in [0.5, 0.6) is 0 Å². The summed E-state index contributed by atoms with van der Waals surface area (Å²) in [5.41, 5.74) is 0. The second kappa shape index (κ2) is 7.90. The van der Waals surface area contributed by atoms with Crippen molar-refractivity contribution >= 4 is 21.6 Å². The highest BCUT2D eigenvalue weighted by molar-refractivity contribution is 7.89. The molecule has 0 fully saturated rings. The van der Waals surface area contributed by atoms with E-state index in [2.05, 4.69) is 4.72 Å². The van der Waals surface area contributed by atoms with E-state index in [1.54, 1.807) is 13.8 Å². The molecular weight excluding hydrogens is 309 g/mol. The van der Waals surface area contributed by atoms with Gasteiger partial charge in [0.15, 0.2) is 6.29 Å². The first-order chi connectivity index (χ1) is 9.40. The van der Waals surface area contributed by atoms with Crippen molar-refractivity contribution in [3.63, 3.8) is 0 Å². The number of rotatable bonds is 8. The van der Waals surface area contributed by atoms with Gasteiger partial charge in [-0.05, 0) is 32.0 Å². The summed E-state index contributed by atoms with van der Waals surface area (Å²) in [6.07, 6.45) is -0.671. The van der Waals surface area contributed by atoms with Crippen molar-refractivity contribution in [2.75, 3.05) is 19.8 Å². The predicted octanol–water partition coefficient (Wildman–Crippen LogP) is 2.16. The lowest BCUT2D eigenvalue weighted by atomic mass is 10.3. The van der Waals surface area contributed by atoms with E-state index in [4.69, 9.17) is 21.1 Å². The third kappa shape index (κ3) is 4.99. The van der Waals surface area contributed by atoms with E-state index < -0.39 is 22.1 Å². The molecule has 0 atom stereocenters. The van der Waals surface area contributed by atoms with Crippen LogP contribution in [0.15, 0.2) is 23.1 Å². The van der Waals surface area contributed by atoms with Crippen LogP contribution in [-0.4, -0.2) is 34.5 Å². The molecule has 0 aliphatic carbocycles. The molecule has 0 saturated carbocycles. The molecule has 1 aromatic rings. The van der Waals surface area contributed by atoms with E-state index >= 15 is 0 Å². The molecular formula is C12H17ClFNO4S. The molecule has 8 heteroatoms. The molecule has 0 aliphatic heterocycles.